The molecule has 0 spiro atoms. The summed E-state index contributed by atoms with van der Waals surface area (Å²) < 4.78 is 6.80. The molecular formula is C15H21BrN2O. The smallest absolute Gasteiger partial charge is 0.0722 e. The molecule has 1 aromatic carbocycles. The normalized spacial score (nSPS) is 23.7. The van der Waals surface area contributed by atoms with Crippen LogP contribution in [0.15, 0.2) is 22.7 Å². The van der Waals surface area contributed by atoms with E-state index in [1.165, 1.54) is 28.6 Å². The second kappa shape index (κ2) is 5.81. The minimum absolute atomic E-state index is 0.323. The number of morpholine rings is 1. The summed E-state index contributed by atoms with van der Waals surface area (Å²) in [5, 5.41) is 3.56. The highest BCUT2D eigenvalue weighted by molar-refractivity contribution is 9.10. The summed E-state index contributed by atoms with van der Waals surface area (Å²) >= 11 is 3.70. The largest absolute Gasteiger partial charge is 0.375 e. The zero-order valence-corrected chi connectivity index (χ0v) is 12.9. The molecule has 0 radical (unpaired) electrons. The van der Waals surface area contributed by atoms with Gasteiger partial charge in [-0.3, -0.25) is 0 Å². The highest BCUT2D eigenvalue weighted by Crippen LogP contribution is 2.27. The van der Waals surface area contributed by atoms with Gasteiger partial charge in [-0.15, -0.1) is 0 Å². The van der Waals surface area contributed by atoms with Gasteiger partial charge in [0.25, 0.3) is 0 Å². The third-order valence-corrected chi connectivity index (χ3v) is 4.54. The Morgan fingerprint density at radius 1 is 1.42 bits per heavy atom. The number of nitrogens with zero attached hydrogens (tertiary/aromatic N) is 1. The topological polar surface area (TPSA) is 24.5 Å². The molecule has 1 saturated carbocycles. The quantitative estimate of drug-likeness (QED) is 0.921. The molecule has 0 bridgehead atoms. The molecule has 1 saturated heterocycles. The molecular weight excluding hydrogens is 304 g/mol. The fourth-order valence-electron chi connectivity index (χ4n) is 2.47. The molecule has 2 aliphatic rings. The van der Waals surface area contributed by atoms with Gasteiger partial charge in [0.2, 0.25) is 0 Å². The predicted octanol–water partition coefficient (Wildman–Crippen LogP) is 2.93. The van der Waals surface area contributed by atoms with Gasteiger partial charge < -0.3 is 15.0 Å². The summed E-state index contributed by atoms with van der Waals surface area (Å²) in [6.45, 7) is 5.88. The van der Waals surface area contributed by atoms with Crippen molar-refractivity contribution in [2.45, 2.75) is 38.5 Å². The monoisotopic (exact) mass is 324 g/mol. The maximum Gasteiger partial charge on any atom is 0.0722 e. The molecule has 1 atom stereocenters. The van der Waals surface area contributed by atoms with E-state index in [1.54, 1.807) is 0 Å². The van der Waals surface area contributed by atoms with Crippen LogP contribution in [0.5, 0.6) is 0 Å². The van der Waals surface area contributed by atoms with Crippen LogP contribution in [-0.4, -0.2) is 31.8 Å². The lowest BCUT2D eigenvalue weighted by Gasteiger charge is -2.33. The van der Waals surface area contributed by atoms with Crippen molar-refractivity contribution >= 4 is 21.6 Å². The maximum atomic E-state index is 5.59. The molecule has 19 heavy (non-hydrogen) atoms. The molecule has 3 nitrogen and oxygen atoms in total. The number of hydrogen-bond acceptors (Lipinski definition) is 3. The zero-order valence-electron chi connectivity index (χ0n) is 11.4. The van der Waals surface area contributed by atoms with Gasteiger partial charge in [0.05, 0.1) is 12.7 Å². The Morgan fingerprint density at radius 3 is 2.95 bits per heavy atom. The van der Waals surface area contributed by atoms with Crippen LogP contribution in [0.1, 0.15) is 25.3 Å². The van der Waals surface area contributed by atoms with Crippen LogP contribution >= 0.6 is 15.9 Å². The van der Waals surface area contributed by atoms with Crippen molar-refractivity contribution in [2.75, 3.05) is 24.6 Å². The minimum atomic E-state index is 0.323. The van der Waals surface area contributed by atoms with Crippen molar-refractivity contribution in [3.63, 3.8) is 0 Å². The first-order valence-corrected chi connectivity index (χ1v) is 7.90. The van der Waals surface area contributed by atoms with Gasteiger partial charge in [-0.05, 0) is 37.5 Å². The van der Waals surface area contributed by atoms with Crippen molar-refractivity contribution in [3.05, 3.63) is 28.2 Å². The Morgan fingerprint density at radius 2 is 2.26 bits per heavy atom. The zero-order chi connectivity index (χ0) is 13.2. The van der Waals surface area contributed by atoms with Crippen LogP contribution in [0.3, 0.4) is 0 Å². The fourth-order valence-corrected chi connectivity index (χ4v) is 2.98. The van der Waals surface area contributed by atoms with Crippen molar-refractivity contribution in [2.24, 2.45) is 0 Å². The van der Waals surface area contributed by atoms with E-state index in [-0.39, 0.29) is 0 Å². The van der Waals surface area contributed by atoms with E-state index in [9.17, 15) is 0 Å². The van der Waals surface area contributed by atoms with Gasteiger partial charge in [-0.1, -0.05) is 22.0 Å². The van der Waals surface area contributed by atoms with Crippen LogP contribution in [0.4, 0.5) is 5.69 Å². The highest BCUT2D eigenvalue weighted by atomic mass is 79.9. The molecule has 2 fully saturated rings. The molecule has 104 valence electrons. The summed E-state index contributed by atoms with van der Waals surface area (Å²) in [5.41, 5.74) is 2.63. The Labute approximate surface area is 123 Å². The lowest BCUT2D eigenvalue weighted by atomic mass is 10.1. The number of halogens is 1. The Hall–Kier alpha value is -0.580. The summed E-state index contributed by atoms with van der Waals surface area (Å²) in [5.74, 6) is 0. The molecule has 1 aromatic rings. The Kier molecular flexibility index (Phi) is 4.10. The molecule has 3 rings (SSSR count). The highest BCUT2D eigenvalue weighted by Gasteiger charge is 2.21. The summed E-state index contributed by atoms with van der Waals surface area (Å²) in [7, 11) is 0. The van der Waals surface area contributed by atoms with E-state index in [2.05, 4.69) is 51.3 Å². The second-order valence-corrected chi connectivity index (χ2v) is 6.41. The summed E-state index contributed by atoms with van der Waals surface area (Å²) in [6.07, 6.45) is 2.99. The average Bonchev–Trinajstić information content (AvgIpc) is 3.21. The van der Waals surface area contributed by atoms with Crippen molar-refractivity contribution in [3.8, 4) is 0 Å². The molecule has 1 heterocycles. The van der Waals surface area contributed by atoms with Gasteiger partial charge in [-0.25, -0.2) is 0 Å². The van der Waals surface area contributed by atoms with E-state index in [4.69, 9.17) is 4.74 Å². The van der Waals surface area contributed by atoms with Crippen molar-refractivity contribution < 1.29 is 4.74 Å². The minimum Gasteiger partial charge on any atom is -0.375 e. The first-order chi connectivity index (χ1) is 9.22. The van der Waals surface area contributed by atoms with Crippen LogP contribution in [0, 0.1) is 0 Å². The summed E-state index contributed by atoms with van der Waals surface area (Å²) in [4.78, 5) is 2.40. The predicted molar refractivity (Wildman–Crippen MR) is 81.6 cm³/mol. The van der Waals surface area contributed by atoms with Gasteiger partial charge in [0, 0.05) is 35.8 Å². The fraction of sp³-hybridized carbons (Fsp3) is 0.600. The number of hydrogen-bond donors (Lipinski definition) is 1. The van der Waals surface area contributed by atoms with E-state index in [0.717, 1.165) is 32.3 Å². The van der Waals surface area contributed by atoms with Gasteiger partial charge >= 0.3 is 0 Å². The number of rotatable bonds is 4. The standard InChI is InChI=1S/C15H21BrN2O/c1-11-10-18(6-7-19-11)14-5-2-12(15(16)8-14)9-17-13-3-4-13/h2,5,8,11,13,17H,3-4,6-7,9-10H2,1H3. The Balaban J connectivity index is 1.67. The number of nitrogens with one attached hydrogen (secondary N) is 1. The number of anilines is 1. The molecule has 0 amide bonds. The first-order valence-electron chi connectivity index (χ1n) is 7.11. The summed E-state index contributed by atoms with van der Waals surface area (Å²) in [6, 6.07) is 7.45. The molecule has 1 unspecified atom stereocenters. The first kappa shape index (κ1) is 13.4. The average molecular weight is 325 g/mol. The SMILES string of the molecule is CC1CN(c2ccc(CNC3CC3)c(Br)c2)CCO1. The van der Waals surface area contributed by atoms with Gasteiger partial charge in [-0.2, -0.15) is 0 Å². The lowest BCUT2D eigenvalue weighted by molar-refractivity contribution is 0.0532. The number of ether oxygens (including phenoxy) is 1. The van der Waals surface area contributed by atoms with E-state index in [0.29, 0.717) is 6.10 Å². The molecule has 0 aromatic heterocycles. The van der Waals surface area contributed by atoms with Gasteiger partial charge in [0.1, 0.15) is 0 Å². The van der Waals surface area contributed by atoms with Crippen molar-refractivity contribution in [1.82, 2.24) is 5.32 Å². The van der Waals surface area contributed by atoms with Crippen LogP contribution in [0.2, 0.25) is 0 Å². The van der Waals surface area contributed by atoms with E-state index in [1.807, 2.05) is 0 Å². The van der Waals surface area contributed by atoms with Crippen LogP contribution in [-0.2, 0) is 11.3 Å². The second-order valence-electron chi connectivity index (χ2n) is 5.56. The lowest BCUT2D eigenvalue weighted by Crippen LogP contribution is -2.41. The molecule has 1 aliphatic carbocycles. The third-order valence-electron chi connectivity index (χ3n) is 3.80. The Bertz CT molecular complexity index is 448. The van der Waals surface area contributed by atoms with E-state index < -0.39 is 0 Å². The van der Waals surface area contributed by atoms with Crippen molar-refractivity contribution in [1.29, 1.82) is 0 Å². The molecule has 1 aliphatic heterocycles. The van der Waals surface area contributed by atoms with E-state index >= 15 is 0 Å². The maximum absolute atomic E-state index is 5.59. The van der Waals surface area contributed by atoms with Crippen LogP contribution < -0.4 is 10.2 Å². The molecule has 1 N–H and O–H groups in total. The number of benzene rings is 1. The van der Waals surface area contributed by atoms with Gasteiger partial charge in [0.15, 0.2) is 0 Å². The van der Waals surface area contributed by atoms with Crippen LogP contribution in [0.25, 0.3) is 0 Å². The third kappa shape index (κ3) is 3.50. The molecule has 4 heteroatoms.